The maximum Gasteiger partial charge on any atom is 0.409 e. The quantitative estimate of drug-likeness (QED) is 0.901. The van der Waals surface area contributed by atoms with Crippen LogP contribution in [-0.2, 0) is 16.0 Å². The number of carbonyl (C=O) groups is 2. The average molecular weight is 319 g/mol. The zero-order valence-electron chi connectivity index (χ0n) is 13.9. The number of rotatable bonds is 5. The summed E-state index contributed by atoms with van der Waals surface area (Å²) >= 11 is 0. The second-order valence-electron chi connectivity index (χ2n) is 5.43. The number of nitrogens with zero attached hydrogens (tertiary/aromatic N) is 2. The van der Waals surface area contributed by atoms with Gasteiger partial charge in [0.2, 0.25) is 5.91 Å². The third kappa shape index (κ3) is 4.61. The van der Waals surface area contributed by atoms with E-state index in [1.165, 1.54) is 5.56 Å². The van der Waals surface area contributed by atoms with Crippen LogP contribution in [0.3, 0.4) is 0 Å². The van der Waals surface area contributed by atoms with E-state index in [2.05, 4.69) is 18.3 Å². The normalized spacial score (nSPS) is 14.5. The third-order valence-corrected chi connectivity index (χ3v) is 3.99. The molecule has 2 amide bonds. The molecule has 1 fully saturated rings. The van der Waals surface area contributed by atoms with Crippen molar-refractivity contribution < 1.29 is 14.3 Å². The Labute approximate surface area is 137 Å². The van der Waals surface area contributed by atoms with Gasteiger partial charge in [-0.15, -0.1) is 0 Å². The van der Waals surface area contributed by atoms with E-state index >= 15 is 0 Å². The molecule has 0 unspecified atom stereocenters. The van der Waals surface area contributed by atoms with Crippen LogP contribution in [0, 0.1) is 0 Å². The van der Waals surface area contributed by atoms with E-state index in [1.807, 2.05) is 18.2 Å². The molecule has 1 aromatic rings. The Morgan fingerprint density at radius 2 is 1.74 bits per heavy atom. The Morgan fingerprint density at radius 3 is 2.39 bits per heavy atom. The lowest BCUT2D eigenvalue weighted by Gasteiger charge is -2.34. The summed E-state index contributed by atoms with van der Waals surface area (Å²) in [6.45, 7) is 6.68. The minimum Gasteiger partial charge on any atom is -0.450 e. The van der Waals surface area contributed by atoms with Gasteiger partial charge in [-0.05, 0) is 25.0 Å². The monoisotopic (exact) mass is 319 g/mol. The molecule has 0 atom stereocenters. The molecule has 0 bridgehead atoms. The standard InChI is InChI=1S/C17H25N3O3/c1-3-14-7-5-6-8-15(14)18-13-16(21)19-9-11-20(12-10-19)17(22)23-4-2/h5-8,18H,3-4,9-13H2,1-2H3. The summed E-state index contributed by atoms with van der Waals surface area (Å²) in [6.07, 6.45) is 0.629. The molecule has 1 aliphatic heterocycles. The van der Waals surface area contributed by atoms with Crippen molar-refractivity contribution in [3.05, 3.63) is 29.8 Å². The van der Waals surface area contributed by atoms with Gasteiger partial charge in [0.15, 0.2) is 0 Å². The highest BCUT2D eigenvalue weighted by molar-refractivity contribution is 5.81. The Hall–Kier alpha value is -2.24. The molecular formula is C17H25N3O3. The van der Waals surface area contributed by atoms with Crippen LogP contribution in [0.25, 0.3) is 0 Å². The van der Waals surface area contributed by atoms with Crippen molar-refractivity contribution in [1.29, 1.82) is 0 Å². The van der Waals surface area contributed by atoms with Crippen LogP contribution < -0.4 is 5.32 Å². The Morgan fingerprint density at radius 1 is 1.09 bits per heavy atom. The number of carbonyl (C=O) groups excluding carboxylic acids is 2. The Bertz CT molecular complexity index is 540. The fourth-order valence-corrected chi connectivity index (χ4v) is 2.64. The fraction of sp³-hybridized carbons (Fsp3) is 0.529. The van der Waals surface area contributed by atoms with Crippen LogP contribution in [-0.4, -0.2) is 61.1 Å². The van der Waals surface area contributed by atoms with Gasteiger partial charge in [0.25, 0.3) is 0 Å². The van der Waals surface area contributed by atoms with E-state index in [4.69, 9.17) is 4.74 Å². The van der Waals surface area contributed by atoms with Gasteiger partial charge < -0.3 is 19.9 Å². The van der Waals surface area contributed by atoms with Crippen LogP contribution in [0.4, 0.5) is 10.5 Å². The van der Waals surface area contributed by atoms with E-state index < -0.39 is 0 Å². The van der Waals surface area contributed by atoms with Crippen molar-refractivity contribution in [3.8, 4) is 0 Å². The summed E-state index contributed by atoms with van der Waals surface area (Å²) in [5.74, 6) is 0.0550. The molecule has 23 heavy (non-hydrogen) atoms. The largest absolute Gasteiger partial charge is 0.450 e. The van der Waals surface area contributed by atoms with E-state index in [9.17, 15) is 9.59 Å². The molecule has 1 saturated heterocycles. The molecule has 1 heterocycles. The summed E-state index contributed by atoms with van der Waals surface area (Å²) in [5, 5.41) is 3.22. The second-order valence-corrected chi connectivity index (χ2v) is 5.43. The molecule has 126 valence electrons. The first-order valence-corrected chi connectivity index (χ1v) is 8.17. The molecule has 1 aromatic carbocycles. The Balaban J connectivity index is 1.80. The van der Waals surface area contributed by atoms with Crippen LogP contribution in [0.15, 0.2) is 24.3 Å². The lowest BCUT2D eigenvalue weighted by atomic mass is 10.1. The molecule has 1 aliphatic rings. The maximum absolute atomic E-state index is 12.3. The molecule has 0 saturated carbocycles. The molecule has 2 rings (SSSR count). The highest BCUT2D eigenvalue weighted by atomic mass is 16.6. The number of hydrogen-bond acceptors (Lipinski definition) is 4. The van der Waals surface area contributed by atoms with Crippen molar-refractivity contribution in [2.24, 2.45) is 0 Å². The molecule has 0 spiro atoms. The van der Waals surface area contributed by atoms with Crippen molar-refractivity contribution >= 4 is 17.7 Å². The fourth-order valence-electron chi connectivity index (χ4n) is 2.64. The number of amides is 2. The van der Waals surface area contributed by atoms with Gasteiger partial charge in [-0.2, -0.15) is 0 Å². The summed E-state index contributed by atoms with van der Waals surface area (Å²) < 4.78 is 4.98. The van der Waals surface area contributed by atoms with E-state index in [0.717, 1.165) is 12.1 Å². The first-order valence-electron chi connectivity index (χ1n) is 8.17. The van der Waals surface area contributed by atoms with Gasteiger partial charge in [0.05, 0.1) is 13.2 Å². The third-order valence-electron chi connectivity index (χ3n) is 3.99. The number of aryl methyl sites for hydroxylation is 1. The second kappa shape index (κ2) is 8.41. The minimum absolute atomic E-state index is 0.0550. The van der Waals surface area contributed by atoms with Crippen molar-refractivity contribution in [2.45, 2.75) is 20.3 Å². The highest BCUT2D eigenvalue weighted by Gasteiger charge is 2.24. The predicted octanol–water partition coefficient (Wildman–Crippen LogP) is 1.96. The Kier molecular flexibility index (Phi) is 6.26. The molecule has 0 aromatic heterocycles. The zero-order valence-corrected chi connectivity index (χ0v) is 13.9. The lowest BCUT2D eigenvalue weighted by Crippen LogP contribution is -2.51. The highest BCUT2D eigenvalue weighted by Crippen LogP contribution is 2.15. The van der Waals surface area contributed by atoms with Gasteiger partial charge in [0.1, 0.15) is 0 Å². The predicted molar refractivity (Wildman–Crippen MR) is 89.5 cm³/mol. The summed E-state index contributed by atoms with van der Waals surface area (Å²) in [5.41, 5.74) is 2.21. The number of nitrogens with one attached hydrogen (secondary N) is 1. The van der Waals surface area contributed by atoms with E-state index in [1.54, 1.807) is 16.7 Å². The van der Waals surface area contributed by atoms with Crippen molar-refractivity contribution in [3.63, 3.8) is 0 Å². The zero-order chi connectivity index (χ0) is 16.7. The summed E-state index contributed by atoms with van der Waals surface area (Å²) in [4.78, 5) is 27.4. The first kappa shape index (κ1) is 17.1. The van der Waals surface area contributed by atoms with E-state index in [-0.39, 0.29) is 18.5 Å². The molecule has 6 nitrogen and oxygen atoms in total. The van der Waals surface area contributed by atoms with E-state index in [0.29, 0.717) is 32.8 Å². The number of para-hydroxylation sites is 1. The van der Waals surface area contributed by atoms with Crippen LogP contribution in [0.1, 0.15) is 19.4 Å². The number of piperazine rings is 1. The SMILES string of the molecule is CCOC(=O)N1CCN(C(=O)CNc2ccccc2CC)CC1. The maximum atomic E-state index is 12.3. The lowest BCUT2D eigenvalue weighted by molar-refractivity contribution is -0.130. The molecule has 1 N–H and O–H groups in total. The van der Waals surface area contributed by atoms with Crippen LogP contribution in [0.5, 0.6) is 0 Å². The van der Waals surface area contributed by atoms with Gasteiger partial charge >= 0.3 is 6.09 Å². The van der Waals surface area contributed by atoms with Crippen molar-refractivity contribution in [1.82, 2.24) is 9.80 Å². The topological polar surface area (TPSA) is 61.9 Å². The van der Waals surface area contributed by atoms with Gasteiger partial charge in [-0.25, -0.2) is 4.79 Å². The summed E-state index contributed by atoms with van der Waals surface area (Å²) in [7, 11) is 0. The number of anilines is 1. The average Bonchev–Trinajstić information content (AvgIpc) is 2.60. The first-order chi connectivity index (χ1) is 11.2. The molecule has 6 heteroatoms. The molecule has 0 radical (unpaired) electrons. The summed E-state index contributed by atoms with van der Waals surface area (Å²) in [6, 6.07) is 8.01. The number of ether oxygens (including phenoxy) is 1. The van der Waals surface area contributed by atoms with Gasteiger partial charge in [-0.1, -0.05) is 25.1 Å². The van der Waals surface area contributed by atoms with Gasteiger partial charge in [0, 0.05) is 31.9 Å². The number of benzene rings is 1. The van der Waals surface area contributed by atoms with Gasteiger partial charge in [-0.3, -0.25) is 4.79 Å². The van der Waals surface area contributed by atoms with Crippen LogP contribution in [0.2, 0.25) is 0 Å². The van der Waals surface area contributed by atoms with Crippen molar-refractivity contribution in [2.75, 3.05) is 44.6 Å². The van der Waals surface area contributed by atoms with Crippen LogP contribution >= 0.6 is 0 Å². The smallest absolute Gasteiger partial charge is 0.409 e. The number of hydrogen-bond donors (Lipinski definition) is 1. The molecule has 0 aliphatic carbocycles. The minimum atomic E-state index is -0.297. The molecular weight excluding hydrogens is 294 g/mol.